The van der Waals surface area contributed by atoms with E-state index in [4.69, 9.17) is 0 Å². The van der Waals surface area contributed by atoms with E-state index in [9.17, 15) is 24.3 Å². The van der Waals surface area contributed by atoms with Crippen LogP contribution in [0.5, 0.6) is 0 Å². The van der Waals surface area contributed by atoms with Crippen molar-refractivity contribution < 1.29 is 24.3 Å². The molecule has 3 aliphatic rings. The van der Waals surface area contributed by atoms with E-state index in [0.717, 1.165) is 16.0 Å². The quantitative estimate of drug-likeness (QED) is 0.764. The molecule has 8 heteroatoms. The number of hydrogen-bond acceptors (Lipinski definition) is 4. The molecule has 1 aliphatic carbocycles. The van der Waals surface area contributed by atoms with Gasteiger partial charge in [-0.15, -0.1) is 0 Å². The minimum absolute atomic E-state index is 0.327. The Hall–Kier alpha value is -2.90. The van der Waals surface area contributed by atoms with E-state index < -0.39 is 41.9 Å². The second kappa shape index (κ2) is 5.82. The Balaban J connectivity index is 1.56. The van der Waals surface area contributed by atoms with Gasteiger partial charge >= 0.3 is 12.0 Å². The molecule has 2 N–H and O–H groups in total. The van der Waals surface area contributed by atoms with Crippen LogP contribution in [0.25, 0.3) is 0 Å². The number of fused-ring (bicyclic) bond motifs is 2. The largest absolute Gasteiger partial charge is 0.480 e. The Bertz CT molecular complexity index is 823. The monoisotopic (exact) mass is 357 g/mol. The van der Waals surface area contributed by atoms with Gasteiger partial charge in [-0.1, -0.05) is 24.3 Å². The summed E-state index contributed by atoms with van der Waals surface area (Å²) in [5.74, 6) is -2.01. The summed E-state index contributed by atoms with van der Waals surface area (Å²) < 4.78 is 0. The number of hydrogen-bond donors (Lipinski definition) is 2. The van der Waals surface area contributed by atoms with Crippen LogP contribution < -0.4 is 5.32 Å². The number of benzene rings is 1. The Kier molecular flexibility index (Phi) is 3.71. The molecule has 2 saturated heterocycles. The fraction of sp³-hybridized carbons (Fsp3) is 0.444. The highest BCUT2D eigenvalue weighted by atomic mass is 16.4. The van der Waals surface area contributed by atoms with Crippen LogP contribution >= 0.6 is 0 Å². The molecule has 1 aromatic carbocycles. The molecule has 26 heavy (non-hydrogen) atoms. The number of carboxylic acids is 1. The number of carbonyl (C=O) groups excluding carboxylic acids is 3. The van der Waals surface area contributed by atoms with Crippen LogP contribution in [0.2, 0.25) is 0 Å². The summed E-state index contributed by atoms with van der Waals surface area (Å²) in [5.41, 5.74) is 0.684. The van der Waals surface area contributed by atoms with Crippen LogP contribution in [0, 0.1) is 0 Å². The summed E-state index contributed by atoms with van der Waals surface area (Å²) in [5, 5.41) is 12.0. The van der Waals surface area contributed by atoms with Crippen molar-refractivity contribution in [3.05, 3.63) is 35.4 Å². The first-order valence-electron chi connectivity index (χ1n) is 8.69. The SMILES string of the molecule is O=C(O)[C@@H]1CCCN1C(=O)CN1C(=O)NC2(CCc3ccccc32)C1=O. The number of rotatable bonds is 3. The van der Waals surface area contributed by atoms with Crippen LogP contribution in [0.4, 0.5) is 4.79 Å². The van der Waals surface area contributed by atoms with Crippen LogP contribution in [-0.2, 0) is 26.3 Å². The zero-order valence-corrected chi connectivity index (χ0v) is 14.1. The van der Waals surface area contributed by atoms with Crippen molar-refractivity contribution in [1.29, 1.82) is 0 Å². The van der Waals surface area contributed by atoms with E-state index in [1.165, 1.54) is 4.90 Å². The summed E-state index contributed by atoms with van der Waals surface area (Å²) in [6.07, 6.45) is 2.12. The molecule has 0 bridgehead atoms. The number of aliphatic carboxylic acids is 1. The fourth-order valence-electron chi connectivity index (χ4n) is 4.28. The Morgan fingerprint density at radius 2 is 2.04 bits per heavy atom. The first-order valence-corrected chi connectivity index (χ1v) is 8.69. The molecule has 2 heterocycles. The van der Waals surface area contributed by atoms with Crippen LogP contribution in [0.1, 0.15) is 30.4 Å². The van der Waals surface area contributed by atoms with Gasteiger partial charge in [-0.3, -0.25) is 14.5 Å². The van der Waals surface area contributed by atoms with Crippen molar-refractivity contribution in [2.24, 2.45) is 0 Å². The van der Waals surface area contributed by atoms with E-state index >= 15 is 0 Å². The van der Waals surface area contributed by atoms with Crippen molar-refractivity contribution in [2.45, 2.75) is 37.3 Å². The molecule has 4 rings (SSSR count). The molecule has 1 aromatic rings. The zero-order chi connectivity index (χ0) is 18.5. The molecule has 2 aliphatic heterocycles. The van der Waals surface area contributed by atoms with Gasteiger partial charge in [0.05, 0.1) is 0 Å². The zero-order valence-electron chi connectivity index (χ0n) is 14.1. The Labute approximate surface area is 149 Å². The van der Waals surface area contributed by atoms with Gasteiger partial charge < -0.3 is 15.3 Å². The number of carboxylic acid groups (broad SMARTS) is 1. The second-order valence-corrected chi connectivity index (χ2v) is 6.97. The third-order valence-electron chi connectivity index (χ3n) is 5.57. The number of nitrogens with zero attached hydrogens (tertiary/aromatic N) is 2. The van der Waals surface area contributed by atoms with E-state index in [-0.39, 0.29) is 0 Å². The standard InChI is InChI=1S/C18H19N3O5/c22-14(20-9-3-6-13(20)15(23)24)10-21-16(25)18(19-17(21)26)8-7-11-4-1-2-5-12(11)18/h1-2,4-5,13H,3,6-10H2,(H,19,26)(H,23,24)/t13-,18?/m0/s1. The van der Waals surface area contributed by atoms with Gasteiger partial charge in [0.25, 0.3) is 5.91 Å². The average molecular weight is 357 g/mol. The highest BCUT2D eigenvalue weighted by molar-refractivity contribution is 6.10. The lowest BCUT2D eigenvalue weighted by Crippen LogP contribution is -2.47. The van der Waals surface area contributed by atoms with Crippen molar-refractivity contribution in [1.82, 2.24) is 15.1 Å². The molecule has 136 valence electrons. The van der Waals surface area contributed by atoms with Gasteiger partial charge in [-0.05, 0) is 36.8 Å². The number of amides is 4. The maximum atomic E-state index is 13.0. The number of carbonyl (C=O) groups is 4. The lowest BCUT2D eigenvalue weighted by molar-refractivity contribution is -0.149. The molecule has 1 spiro atoms. The first-order chi connectivity index (χ1) is 12.4. The molecule has 0 aromatic heterocycles. The molecule has 0 radical (unpaired) electrons. The third kappa shape index (κ3) is 2.28. The maximum absolute atomic E-state index is 13.0. The van der Waals surface area contributed by atoms with E-state index in [0.29, 0.717) is 32.2 Å². The van der Waals surface area contributed by atoms with Crippen LogP contribution in [0.3, 0.4) is 0 Å². The molecule has 1 unspecified atom stereocenters. The van der Waals surface area contributed by atoms with Gasteiger partial charge in [0.2, 0.25) is 5.91 Å². The summed E-state index contributed by atoms with van der Waals surface area (Å²) in [7, 11) is 0. The van der Waals surface area contributed by atoms with E-state index in [1.807, 2.05) is 24.3 Å². The highest BCUT2D eigenvalue weighted by Gasteiger charge is 2.55. The molecule has 8 nitrogen and oxygen atoms in total. The predicted molar refractivity (Wildman–Crippen MR) is 89.1 cm³/mol. The van der Waals surface area contributed by atoms with E-state index in [2.05, 4.69) is 5.32 Å². The summed E-state index contributed by atoms with van der Waals surface area (Å²) in [6, 6.07) is 5.97. The molecule has 0 saturated carbocycles. The summed E-state index contributed by atoms with van der Waals surface area (Å²) in [6.45, 7) is -0.105. The third-order valence-corrected chi connectivity index (χ3v) is 5.57. The molecular formula is C18H19N3O5. The first kappa shape index (κ1) is 16.6. The fourth-order valence-corrected chi connectivity index (χ4v) is 4.28. The number of aryl methyl sites for hydroxylation is 1. The second-order valence-electron chi connectivity index (χ2n) is 6.97. The lowest BCUT2D eigenvalue weighted by atomic mass is 9.92. The number of nitrogens with one attached hydrogen (secondary N) is 1. The Morgan fingerprint density at radius 1 is 1.27 bits per heavy atom. The van der Waals surface area contributed by atoms with Crippen LogP contribution in [0.15, 0.2) is 24.3 Å². The van der Waals surface area contributed by atoms with Gasteiger partial charge in [0, 0.05) is 6.54 Å². The van der Waals surface area contributed by atoms with E-state index in [1.54, 1.807) is 0 Å². The predicted octanol–water partition coefficient (Wildman–Crippen LogP) is 0.456. The molecule has 2 fully saturated rings. The van der Waals surface area contributed by atoms with Crippen molar-refractivity contribution >= 4 is 23.8 Å². The van der Waals surface area contributed by atoms with Crippen LogP contribution in [-0.4, -0.2) is 57.9 Å². The molecule has 4 amide bonds. The average Bonchev–Trinajstić information content (AvgIpc) is 3.30. The minimum atomic E-state index is -1.11. The number of imide groups is 1. The Morgan fingerprint density at radius 3 is 2.81 bits per heavy atom. The summed E-state index contributed by atoms with van der Waals surface area (Å²) in [4.78, 5) is 51.4. The van der Waals surface area contributed by atoms with Gasteiger partial charge in [0.1, 0.15) is 18.1 Å². The molecule has 2 atom stereocenters. The maximum Gasteiger partial charge on any atom is 0.326 e. The highest BCUT2D eigenvalue weighted by Crippen LogP contribution is 2.41. The van der Waals surface area contributed by atoms with Crippen molar-refractivity contribution in [2.75, 3.05) is 13.1 Å². The normalized spacial score (nSPS) is 27.2. The van der Waals surface area contributed by atoms with Gasteiger partial charge in [-0.25, -0.2) is 9.59 Å². The van der Waals surface area contributed by atoms with Gasteiger partial charge in [0.15, 0.2) is 0 Å². The minimum Gasteiger partial charge on any atom is -0.480 e. The number of urea groups is 1. The van der Waals surface area contributed by atoms with Crippen molar-refractivity contribution in [3.63, 3.8) is 0 Å². The topological polar surface area (TPSA) is 107 Å². The van der Waals surface area contributed by atoms with Crippen molar-refractivity contribution in [3.8, 4) is 0 Å². The smallest absolute Gasteiger partial charge is 0.326 e. The number of likely N-dealkylation sites (tertiary alicyclic amines) is 1. The lowest BCUT2D eigenvalue weighted by Gasteiger charge is -2.25. The molecular weight excluding hydrogens is 338 g/mol. The summed E-state index contributed by atoms with van der Waals surface area (Å²) >= 11 is 0. The van der Waals surface area contributed by atoms with Gasteiger partial charge in [-0.2, -0.15) is 0 Å².